The maximum absolute atomic E-state index is 11.7. The van der Waals surface area contributed by atoms with Crippen LogP contribution in [0.25, 0.3) is 0 Å². The van der Waals surface area contributed by atoms with Crippen molar-refractivity contribution in [1.29, 1.82) is 0 Å². The lowest BCUT2D eigenvalue weighted by atomic mass is 10.1. The monoisotopic (exact) mass is 313 g/mol. The summed E-state index contributed by atoms with van der Waals surface area (Å²) in [6.45, 7) is 5.55. The van der Waals surface area contributed by atoms with Crippen LogP contribution < -0.4 is 5.32 Å². The van der Waals surface area contributed by atoms with E-state index in [4.69, 9.17) is 4.74 Å². The van der Waals surface area contributed by atoms with Gasteiger partial charge in [0, 0.05) is 12.6 Å². The number of carbonyl (C=O) groups excluding carboxylic acids is 1. The van der Waals surface area contributed by atoms with Gasteiger partial charge in [0.2, 0.25) is 0 Å². The van der Waals surface area contributed by atoms with E-state index in [1.54, 1.807) is 12.1 Å². The van der Waals surface area contributed by atoms with E-state index in [1.807, 2.05) is 18.2 Å². The van der Waals surface area contributed by atoms with Crippen LogP contribution in [0.15, 0.2) is 30.3 Å². The molecule has 3 nitrogen and oxygen atoms in total. The lowest BCUT2D eigenvalue weighted by Gasteiger charge is -2.13. The van der Waals surface area contributed by atoms with Crippen LogP contribution in [0.4, 0.5) is 0 Å². The Balaban J connectivity index is 0.00000400. The molecule has 120 valence electrons. The van der Waals surface area contributed by atoms with Crippen LogP contribution in [0.2, 0.25) is 0 Å². The maximum Gasteiger partial charge on any atom is 0.338 e. The molecule has 0 spiro atoms. The summed E-state index contributed by atoms with van der Waals surface area (Å²) in [5.74, 6) is -0.247. The largest absolute Gasteiger partial charge is 0.461 e. The van der Waals surface area contributed by atoms with Crippen LogP contribution in [0.1, 0.15) is 56.3 Å². The topological polar surface area (TPSA) is 38.3 Å². The molecule has 0 aliphatic rings. The van der Waals surface area contributed by atoms with E-state index in [0.717, 1.165) is 0 Å². The Hall–Kier alpha value is -1.06. The number of halogens is 1. The zero-order chi connectivity index (χ0) is 14.6. The Morgan fingerprint density at radius 1 is 1.19 bits per heavy atom. The summed E-state index contributed by atoms with van der Waals surface area (Å²) >= 11 is 0. The van der Waals surface area contributed by atoms with Crippen LogP contribution >= 0.6 is 12.4 Å². The first-order valence-electron chi connectivity index (χ1n) is 7.69. The van der Waals surface area contributed by atoms with Crippen LogP contribution in [-0.2, 0) is 4.74 Å². The molecule has 0 aliphatic carbocycles. The third-order valence-electron chi connectivity index (χ3n) is 3.33. The van der Waals surface area contributed by atoms with Crippen molar-refractivity contribution in [2.45, 2.75) is 52.0 Å². The smallest absolute Gasteiger partial charge is 0.338 e. The summed E-state index contributed by atoms with van der Waals surface area (Å²) < 4.78 is 5.22. The predicted molar refractivity (Wildman–Crippen MR) is 90.2 cm³/mol. The number of rotatable bonds is 10. The molecule has 1 aromatic carbocycles. The molecule has 0 bridgehead atoms. The van der Waals surface area contributed by atoms with Gasteiger partial charge in [0.15, 0.2) is 0 Å². The summed E-state index contributed by atoms with van der Waals surface area (Å²) in [7, 11) is 0. The van der Waals surface area contributed by atoms with Gasteiger partial charge in [-0.1, -0.05) is 50.8 Å². The highest BCUT2D eigenvalue weighted by Gasteiger charge is 2.06. The standard InChI is InChI=1S/C17H27NO2.ClH/c1-3-4-5-7-10-15(2)18-13-14-20-17(19)16-11-8-6-9-12-16;/h6,8-9,11-12,15,18H,3-5,7,10,13-14H2,1-2H3;1H. The average Bonchev–Trinajstić information content (AvgIpc) is 2.49. The van der Waals surface area contributed by atoms with Crippen LogP contribution in [0.3, 0.4) is 0 Å². The number of hydrogen-bond donors (Lipinski definition) is 1. The summed E-state index contributed by atoms with van der Waals surface area (Å²) in [5.41, 5.74) is 0.611. The quantitative estimate of drug-likeness (QED) is 0.519. The SMILES string of the molecule is CCCCCCC(C)NCCOC(=O)c1ccccc1.Cl. The van der Waals surface area contributed by atoms with Crippen LogP contribution in [0.5, 0.6) is 0 Å². The van der Waals surface area contributed by atoms with Crippen molar-refractivity contribution >= 4 is 18.4 Å². The lowest BCUT2D eigenvalue weighted by molar-refractivity contribution is 0.0506. The number of esters is 1. The Morgan fingerprint density at radius 2 is 1.90 bits per heavy atom. The van der Waals surface area contributed by atoms with Crippen molar-refractivity contribution in [2.24, 2.45) is 0 Å². The molecular weight excluding hydrogens is 286 g/mol. The van der Waals surface area contributed by atoms with E-state index >= 15 is 0 Å². The van der Waals surface area contributed by atoms with Crippen LogP contribution in [0, 0.1) is 0 Å². The number of nitrogens with one attached hydrogen (secondary N) is 1. The molecular formula is C17H28ClNO2. The third-order valence-corrected chi connectivity index (χ3v) is 3.33. The Bertz CT molecular complexity index is 370. The van der Waals surface area contributed by atoms with E-state index < -0.39 is 0 Å². The molecule has 1 atom stereocenters. The minimum Gasteiger partial charge on any atom is -0.461 e. The van der Waals surface area contributed by atoms with Gasteiger partial charge in [0.25, 0.3) is 0 Å². The molecule has 0 fully saturated rings. The van der Waals surface area contributed by atoms with Gasteiger partial charge in [0.1, 0.15) is 6.61 Å². The van der Waals surface area contributed by atoms with Gasteiger partial charge < -0.3 is 10.1 Å². The van der Waals surface area contributed by atoms with Crippen molar-refractivity contribution < 1.29 is 9.53 Å². The zero-order valence-corrected chi connectivity index (χ0v) is 14.0. The minimum absolute atomic E-state index is 0. The molecule has 0 aliphatic heterocycles. The molecule has 0 saturated carbocycles. The molecule has 1 unspecified atom stereocenters. The van der Waals surface area contributed by atoms with E-state index in [-0.39, 0.29) is 18.4 Å². The van der Waals surface area contributed by atoms with Gasteiger partial charge in [-0.3, -0.25) is 0 Å². The average molecular weight is 314 g/mol. The summed E-state index contributed by atoms with van der Waals surface area (Å²) in [6, 6.07) is 9.60. The van der Waals surface area contributed by atoms with Crippen molar-refractivity contribution in [3.8, 4) is 0 Å². The second kappa shape index (κ2) is 12.7. The molecule has 0 heterocycles. The van der Waals surface area contributed by atoms with Gasteiger partial charge in [0.05, 0.1) is 5.56 Å². The Kier molecular flexibility index (Phi) is 12.0. The number of carbonyl (C=O) groups is 1. The summed E-state index contributed by atoms with van der Waals surface area (Å²) in [5, 5.41) is 3.39. The van der Waals surface area contributed by atoms with Crippen molar-refractivity contribution in [3.63, 3.8) is 0 Å². The normalized spacial score (nSPS) is 11.5. The van der Waals surface area contributed by atoms with Gasteiger partial charge in [-0.2, -0.15) is 0 Å². The number of ether oxygens (including phenoxy) is 1. The molecule has 0 amide bonds. The van der Waals surface area contributed by atoms with Crippen LogP contribution in [-0.4, -0.2) is 25.2 Å². The molecule has 0 radical (unpaired) electrons. The summed E-state index contributed by atoms with van der Waals surface area (Å²) in [4.78, 5) is 11.7. The number of unbranched alkanes of at least 4 members (excludes halogenated alkanes) is 3. The third kappa shape index (κ3) is 9.48. The molecule has 1 N–H and O–H groups in total. The van der Waals surface area contributed by atoms with Crippen molar-refractivity contribution in [3.05, 3.63) is 35.9 Å². The summed E-state index contributed by atoms with van der Waals surface area (Å²) in [6.07, 6.45) is 6.36. The fourth-order valence-corrected chi connectivity index (χ4v) is 2.09. The first-order chi connectivity index (χ1) is 9.74. The highest BCUT2D eigenvalue weighted by Crippen LogP contribution is 2.05. The van der Waals surface area contributed by atoms with Gasteiger partial charge in [-0.25, -0.2) is 4.79 Å². The molecule has 0 saturated heterocycles. The molecule has 4 heteroatoms. The second-order valence-corrected chi connectivity index (χ2v) is 5.21. The predicted octanol–water partition coefficient (Wildman–Crippen LogP) is 4.21. The highest BCUT2D eigenvalue weighted by atomic mass is 35.5. The Labute approximate surface area is 134 Å². The zero-order valence-electron chi connectivity index (χ0n) is 13.1. The van der Waals surface area contributed by atoms with E-state index in [1.165, 1.54) is 32.1 Å². The lowest BCUT2D eigenvalue weighted by Crippen LogP contribution is -2.30. The molecule has 1 aromatic rings. The maximum atomic E-state index is 11.7. The number of hydrogen-bond acceptors (Lipinski definition) is 3. The Morgan fingerprint density at radius 3 is 2.57 bits per heavy atom. The van der Waals surface area contributed by atoms with Gasteiger partial charge >= 0.3 is 5.97 Å². The molecule has 21 heavy (non-hydrogen) atoms. The molecule has 1 rings (SSSR count). The van der Waals surface area contributed by atoms with Gasteiger partial charge in [-0.15, -0.1) is 12.4 Å². The van der Waals surface area contributed by atoms with Gasteiger partial charge in [-0.05, 0) is 25.5 Å². The fourth-order valence-electron chi connectivity index (χ4n) is 2.09. The van der Waals surface area contributed by atoms with Crippen molar-refractivity contribution in [2.75, 3.05) is 13.2 Å². The molecule has 0 aromatic heterocycles. The first kappa shape index (κ1) is 19.9. The number of benzene rings is 1. The van der Waals surface area contributed by atoms with Crippen molar-refractivity contribution in [1.82, 2.24) is 5.32 Å². The van der Waals surface area contributed by atoms with E-state index in [0.29, 0.717) is 24.8 Å². The second-order valence-electron chi connectivity index (χ2n) is 5.21. The van der Waals surface area contributed by atoms with E-state index in [9.17, 15) is 4.79 Å². The highest BCUT2D eigenvalue weighted by molar-refractivity contribution is 5.89. The van der Waals surface area contributed by atoms with E-state index in [2.05, 4.69) is 19.2 Å². The first-order valence-corrected chi connectivity index (χ1v) is 7.69. The fraction of sp³-hybridized carbons (Fsp3) is 0.588. The minimum atomic E-state index is -0.247.